The highest BCUT2D eigenvalue weighted by Gasteiger charge is 2.19. The summed E-state index contributed by atoms with van der Waals surface area (Å²) in [6, 6.07) is 3.30. The van der Waals surface area contributed by atoms with Crippen LogP contribution >= 0.6 is 11.3 Å². The van der Waals surface area contributed by atoms with Crippen LogP contribution in [0, 0.1) is 6.92 Å². The number of anilines is 1. The molecule has 134 valence electrons. The average Bonchev–Trinajstić information content (AvgIpc) is 3.18. The van der Waals surface area contributed by atoms with E-state index in [1.54, 1.807) is 12.1 Å². The van der Waals surface area contributed by atoms with Crippen LogP contribution in [-0.2, 0) is 0 Å². The van der Waals surface area contributed by atoms with Gasteiger partial charge in [0.2, 0.25) is 11.8 Å². The summed E-state index contributed by atoms with van der Waals surface area (Å²) in [5, 5.41) is 5.28. The molecule has 1 aliphatic rings. The third-order valence-electron chi connectivity index (χ3n) is 3.83. The van der Waals surface area contributed by atoms with Gasteiger partial charge in [-0.15, -0.1) is 11.3 Å². The van der Waals surface area contributed by atoms with Crippen LogP contribution in [0.5, 0.6) is 11.8 Å². The molecule has 1 saturated carbocycles. The first-order valence-electron chi connectivity index (χ1n) is 8.58. The van der Waals surface area contributed by atoms with Gasteiger partial charge in [-0.1, -0.05) is 0 Å². The second-order valence-electron chi connectivity index (χ2n) is 6.47. The summed E-state index contributed by atoms with van der Waals surface area (Å²) in [5.41, 5.74) is 1.33. The Morgan fingerprint density at radius 2 is 1.96 bits per heavy atom. The highest BCUT2D eigenvalue weighted by molar-refractivity contribution is 7.13. The number of aryl methyl sites for hydroxylation is 1. The van der Waals surface area contributed by atoms with Crippen LogP contribution in [0.25, 0.3) is 0 Å². The molecule has 0 aromatic carbocycles. The maximum Gasteiger partial charge on any atom is 0.257 e. The van der Waals surface area contributed by atoms with Gasteiger partial charge in [0.25, 0.3) is 5.91 Å². The number of carbonyl (C=O) groups excluding carboxylic acids is 1. The number of rotatable bonds is 6. The fourth-order valence-corrected chi connectivity index (χ4v) is 3.42. The van der Waals surface area contributed by atoms with Crippen LogP contribution in [0.3, 0.4) is 0 Å². The van der Waals surface area contributed by atoms with Crippen LogP contribution in [0.1, 0.15) is 55.6 Å². The Hall–Kier alpha value is -2.15. The molecule has 1 aliphatic carbocycles. The lowest BCUT2D eigenvalue weighted by molar-refractivity contribution is 0.102. The summed E-state index contributed by atoms with van der Waals surface area (Å²) >= 11 is 1.40. The monoisotopic (exact) mass is 361 g/mol. The third kappa shape index (κ3) is 4.92. The van der Waals surface area contributed by atoms with Crippen molar-refractivity contribution in [2.24, 2.45) is 0 Å². The van der Waals surface area contributed by atoms with Gasteiger partial charge in [-0.25, -0.2) is 4.98 Å². The third-order valence-corrected chi connectivity index (χ3v) is 4.70. The summed E-state index contributed by atoms with van der Waals surface area (Å²) in [5.74, 6) is 0.582. The molecule has 0 spiro atoms. The summed E-state index contributed by atoms with van der Waals surface area (Å²) in [6.45, 7) is 5.73. The van der Waals surface area contributed by atoms with Gasteiger partial charge in [0.15, 0.2) is 5.13 Å². The molecule has 7 heteroatoms. The fraction of sp³-hybridized carbons (Fsp3) is 0.500. The van der Waals surface area contributed by atoms with E-state index >= 15 is 0 Å². The van der Waals surface area contributed by atoms with E-state index in [2.05, 4.69) is 15.3 Å². The molecule has 0 saturated heterocycles. The molecule has 1 N–H and O–H groups in total. The summed E-state index contributed by atoms with van der Waals surface area (Å²) in [4.78, 5) is 21.2. The number of carbonyl (C=O) groups is 1. The number of amides is 1. The number of pyridine rings is 1. The van der Waals surface area contributed by atoms with E-state index in [4.69, 9.17) is 9.47 Å². The average molecular weight is 361 g/mol. The topological polar surface area (TPSA) is 73.3 Å². The first-order valence-corrected chi connectivity index (χ1v) is 9.46. The van der Waals surface area contributed by atoms with E-state index < -0.39 is 0 Å². The SMILES string of the molecule is Cc1csc(NC(=O)c2cc(OC(C)C)nc(OC3CCCC3)c2)n1. The lowest BCUT2D eigenvalue weighted by atomic mass is 10.2. The Morgan fingerprint density at radius 3 is 2.60 bits per heavy atom. The molecular formula is C18H23N3O3S. The number of ether oxygens (including phenoxy) is 2. The molecule has 0 radical (unpaired) electrons. The molecule has 2 aromatic rings. The molecular weight excluding hydrogens is 338 g/mol. The quantitative estimate of drug-likeness (QED) is 0.834. The Balaban J connectivity index is 1.81. The van der Waals surface area contributed by atoms with Crippen molar-refractivity contribution in [3.05, 3.63) is 28.8 Å². The smallest absolute Gasteiger partial charge is 0.257 e. The van der Waals surface area contributed by atoms with E-state index in [0.29, 0.717) is 22.5 Å². The van der Waals surface area contributed by atoms with Crippen LogP contribution < -0.4 is 14.8 Å². The van der Waals surface area contributed by atoms with Crippen LogP contribution in [0.2, 0.25) is 0 Å². The maximum atomic E-state index is 12.6. The Morgan fingerprint density at radius 1 is 1.24 bits per heavy atom. The number of hydrogen-bond donors (Lipinski definition) is 1. The summed E-state index contributed by atoms with van der Waals surface area (Å²) in [7, 11) is 0. The van der Waals surface area contributed by atoms with Gasteiger partial charge in [-0.05, 0) is 46.5 Å². The zero-order chi connectivity index (χ0) is 17.8. The van der Waals surface area contributed by atoms with E-state index in [9.17, 15) is 4.79 Å². The molecule has 0 atom stereocenters. The molecule has 0 aliphatic heterocycles. The van der Waals surface area contributed by atoms with Gasteiger partial charge in [-0.2, -0.15) is 4.98 Å². The van der Waals surface area contributed by atoms with E-state index in [0.717, 1.165) is 18.5 Å². The first-order chi connectivity index (χ1) is 12.0. The van der Waals surface area contributed by atoms with Gasteiger partial charge in [0, 0.05) is 17.5 Å². The van der Waals surface area contributed by atoms with Crippen LogP contribution in [0.4, 0.5) is 5.13 Å². The number of nitrogens with zero attached hydrogens (tertiary/aromatic N) is 2. The highest BCUT2D eigenvalue weighted by atomic mass is 32.1. The molecule has 0 bridgehead atoms. The fourth-order valence-electron chi connectivity index (χ4n) is 2.73. The second kappa shape index (κ2) is 7.82. The lowest BCUT2D eigenvalue weighted by Crippen LogP contribution is -2.16. The molecule has 1 fully saturated rings. The summed E-state index contributed by atoms with van der Waals surface area (Å²) < 4.78 is 11.6. The standard InChI is InChI=1S/C18H23N3O3S/c1-11(2)23-15-8-13(17(22)21-18-19-12(3)10-25-18)9-16(20-15)24-14-6-4-5-7-14/h8-11,14H,4-7H2,1-3H3,(H,19,21,22). The predicted octanol–water partition coefficient (Wildman–Crippen LogP) is 4.21. The molecule has 2 aromatic heterocycles. The largest absolute Gasteiger partial charge is 0.475 e. The van der Waals surface area contributed by atoms with E-state index in [-0.39, 0.29) is 18.1 Å². The lowest BCUT2D eigenvalue weighted by Gasteiger charge is -2.15. The highest BCUT2D eigenvalue weighted by Crippen LogP contribution is 2.26. The van der Waals surface area contributed by atoms with Crippen molar-refractivity contribution in [3.63, 3.8) is 0 Å². The molecule has 1 amide bonds. The van der Waals surface area contributed by atoms with Gasteiger partial charge in [0.05, 0.1) is 17.4 Å². The Labute approximate surface area is 151 Å². The van der Waals surface area contributed by atoms with Gasteiger partial charge in [0.1, 0.15) is 6.10 Å². The number of thiazole rings is 1. The van der Waals surface area contributed by atoms with Crippen molar-refractivity contribution in [1.82, 2.24) is 9.97 Å². The number of hydrogen-bond acceptors (Lipinski definition) is 6. The van der Waals surface area contributed by atoms with Gasteiger partial charge in [-0.3, -0.25) is 10.1 Å². The van der Waals surface area contributed by atoms with Gasteiger partial charge >= 0.3 is 0 Å². The minimum Gasteiger partial charge on any atom is -0.475 e. The van der Waals surface area contributed by atoms with Crippen molar-refractivity contribution < 1.29 is 14.3 Å². The maximum absolute atomic E-state index is 12.6. The van der Waals surface area contributed by atoms with E-state index in [1.165, 1.54) is 24.2 Å². The minimum absolute atomic E-state index is 0.0354. The normalized spacial score (nSPS) is 14.7. The zero-order valence-corrected chi connectivity index (χ0v) is 15.6. The molecule has 0 unspecified atom stereocenters. The van der Waals surface area contributed by atoms with Crippen LogP contribution in [0.15, 0.2) is 17.5 Å². The Kier molecular flexibility index (Phi) is 5.53. The van der Waals surface area contributed by atoms with Crippen molar-refractivity contribution >= 4 is 22.4 Å². The number of aromatic nitrogens is 2. The van der Waals surface area contributed by atoms with Crippen molar-refractivity contribution in [2.75, 3.05) is 5.32 Å². The van der Waals surface area contributed by atoms with E-state index in [1.807, 2.05) is 26.2 Å². The molecule has 25 heavy (non-hydrogen) atoms. The first kappa shape index (κ1) is 17.7. The molecule has 3 rings (SSSR count). The minimum atomic E-state index is -0.248. The van der Waals surface area contributed by atoms with Gasteiger partial charge < -0.3 is 9.47 Å². The van der Waals surface area contributed by atoms with Crippen LogP contribution in [-0.4, -0.2) is 28.1 Å². The van der Waals surface area contributed by atoms with Crippen molar-refractivity contribution in [3.8, 4) is 11.8 Å². The second-order valence-corrected chi connectivity index (χ2v) is 7.33. The number of nitrogens with one attached hydrogen (secondary N) is 1. The predicted molar refractivity (Wildman–Crippen MR) is 97.7 cm³/mol. The molecule has 2 heterocycles. The van der Waals surface area contributed by atoms with Crippen molar-refractivity contribution in [2.45, 2.75) is 58.7 Å². The van der Waals surface area contributed by atoms with Crippen molar-refractivity contribution in [1.29, 1.82) is 0 Å². The summed E-state index contributed by atoms with van der Waals surface area (Å²) in [6.07, 6.45) is 4.52. The Bertz CT molecular complexity index is 739. The molecule has 6 nitrogen and oxygen atoms in total. The zero-order valence-electron chi connectivity index (χ0n) is 14.7.